The van der Waals surface area contributed by atoms with Crippen molar-refractivity contribution in [2.45, 2.75) is 25.7 Å². The Hall–Kier alpha value is -1.36. The topological polar surface area (TPSA) is 44.5 Å². The van der Waals surface area contributed by atoms with Crippen LogP contribution in [0.15, 0.2) is 18.2 Å². The first-order chi connectivity index (χ1) is 7.03. The van der Waals surface area contributed by atoms with E-state index in [-0.39, 0.29) is 17.5 Å². The minimum absolute atomic E-state index is 0.0430. The van der Waals surface area contributed by atoms with Gasteiger partial charge in [-0.3, -0.25) is 0 Å². The van der Waals surface area contributed by atoms with Crippen molar-refractivity contribution in [3.63, 3.8) is 0 Å². The number of fused-ring (bicyclic) bond motifs is 1. The summed E-state index contributed by atoms with van der Waals surface area (Å²) in [5.74, 6) is 0.0956. The minimum Gasteiger partial charge on any atom is -0.395 e. The molecule has 0 aliphatic carbocycles. The average molecular weight is 215 g/mol. The van der Waals surface area contributed by atoms with Crippen LogP contribution in [-0.4, -0.2) is 6.29 Å². The Morgan fingerprint density at radius 3 is 2.80 bits per heavy atom. The number of nitrogens with two attached hydrogens (primary N) is 1. The maximum absolute atomic E-state index is 12.8. The van der Waals surface area contributed by atoms with Gasteiger partial charge in [-0.05, 0) is 12.5 Å². The van der Waals surface area contributed by atoms with E-state index in [9.17, 15) is 8.78 Å². The highest BCUT2D eigenvalue weighted by atomic mass is 19.3. The molecule has 0 unspecified atom stereocenters. The second-order valence-corrected chi connectivity index (χ2v) is 3.36. The number of benzene rings is 1. The van der Waals surface area contributed by atoms with Gasteiger partial charge < -0.3 is 15.2 Å². The van der Waals surface area contributed by atoms with Crippen molar-refractivity contribution in [1.82, 2.24) is 0 Å². The van der Waals surface area contributed by atoms with Crippen molar-refractivity contribution in [2.24, 2.45) is 5.73 Å². The van der Waals surface area contributed by atoms with Crippen LogP contribution in [0.25, 0.3) is 0 Å². The van der Waals surface area contributed by atoms with Crippen LogP contribution in [0.5, 0.6) is 11.5 Å². The summed E-state index contributed by atoms with van der Waals surface area (Å²) in [6, 6.07) is 4.39. The number of hydrogen-bond donors (Lipinski definition) is 1. The predicted molar refractivity (Wildman–Crippen MR) is 49.9 cm³/mol. The van der Waals surface area contributed by atoms with Gasteiger partial charge in [0.15, 0.2) is 11.5 Å². The fraction of sp³-hybridized carbons (Fsp3) is 0.400. The highest BCUT2D eigenvalue weighted by molar-refractivity contribution is 5.50. The van der Waals surface area contributed by atoms with Gasteiger partial charge in [0.2, 0.25) is 0 Å². The lowest BCUT2D eigenvalue weighted by molar-refractivity contribution is -0.287. The molecule has 5 heteroatoms. The average Bonchev–Trinajstić information content (AvgIpc) is 2.49. The number of rotatable bonds is 2. The van der Waals surface area contributed by atoms with Crippen molar-refractivity contribution >= 4 is 0 Å². The van der Waals surface area contributed by atoms with Gasteiger partial charge in [0, 0.05) is 11.6 Å². The van der Waals surface area contributed by atoms with Crippen molar-refractivity contribution in [2.75, 3.05) is 0 Å². The lowest BCUT2D eigenvalue weighted by atomic mass is 10.0. The van der Waals surface area contributed by atoms with E-state index >= 15 is 0 Å². The summed E-state index contributed by atoms with van der Waals surface area (Å²) in [4.78, 5) is 0. The van der Waals surface area contributed by atoms with Crippen molar-refractivity contribution < 1.29 is 18.3 Å². The van der Waals surface area contributed by atoms with Gasteiger partial charge in [-0.25, -0.2) is 0 Å². The van der Waals surface area contributed by atoms with Gasteiger partial charge in [0.05, 0.1) is 0 Å². The third-order valence-electron chi connectivity index (χ3n) is 2.30. The minimum atomic E-state index is -3.58. The quantitative estimate of drug-likeness (QED) is 0.823. The van der Waals surface area contributed by atoms with Crippen molar-refractivity contribution in [3.8, 4) is 11.5 Å². The first kappa shape index (κ1) is 10.2. The molecule has 1 aromatic carbocycles. The van der Waals surface area contributed by atoms with Crippen LogP contribution in [0.3, 0.4) is 0 Å². The zero-order valence-corrected chi connectivity index (χ0v) is 8.17. The number of alkyl halides is 2. The van der Waals surface area contributed by atoms with Crippen LogP contribution >= 0.6 is 0 Å². The molecular weight excluding hydrogens is 204 g/mol. The van der Waals surface area contributed by atoms with Gasteiger partial charge in [0.1, 0.15) is 0 Å². The molecule has 0 aromatic heterocycles. The molecule has 0 saturated carbocycles. The molecule has 1 heterocycles. The van der Waals surface area contributed by atoms with Crippen molar-refractivity contribution in [1.29, 1.82) is 0 Å². The highest BCUT2D eigenvalue weighted by Crippen LogP contribution is 2.44. The fourth-order valence-electron chi connectivity index (χ4n) is 1.50. The van der Waals surface area contributed by atoms with Crippen LogP contribution in [0.4, 0.5) is 8.78 Å². The Kier molecular flexibility index (Phi) is 2.26. The third-order valence-corrected chi connectivity index (χ3v) is 2.30. The Balaban J connectivity index is 2.41. The molecule has 1 aliphatic rings. The monoisotopic (exact) mass is 215 g/mol. The smallest absolute Gasteiger partial charge is 0.395 e. The molecule has 0 amide bonds. The van der Waals surface area contributed by atoms with Crippen LogP contribution in [0, 0.1) is 0 Å². The molecule has 0 saturated heterocycles. The van der Waals surface area contributed by atoms with Crippen LogP contribution in [0.1, 0.15) is 24.9 Å². The summed E-state index contributed by atoms with van der Waals surface area (Å²) in [5.41, 5.74) is 6.32. The molecule has 82 valence electrons. The molecule has 0 bridgehead atoms. The van der Waals surface area contributed by atoms with E-state index in [4.69, 9.17) is 5.73 Å². The molecule has 2 rings (SSSR count). The Bertz CT molecular complexity index is 382. The standard InChI is InChI=1S/C10H11F2NO2/c1-2-7(13)6-4-3-5-8-9(6)15-10(11,12)14-8/h3-5,7H,2,13H2,1H3/t7-/m0/s1. The van der Waals surface area contributed by atoms with E-state index in [2.05, 4.69) is 9.47 Å². The molecule has 15 heavy (non-hydrogen) atoms. The summed E-state index contributed by atoms with van der Waals surface area (Å²) >= 11 is 0. The van der Waals surface area contributed by atoms with E-state index in [1.165, 1.54) is 6.07 Å². The SMILES string of the molecule is CC[C@H](N)c1cccc2c1OC(F)(F)O2. The molecule has 0 spiro atoms. The number of hydrogen-bond acceptors (Lipinski definition) is 3. The maximum atomic E-state index is 12.8. The molecule has 0 fully saturated rings. The van der Waals surface area contributed by atoms with Gasteiger partial charge >= 0.3 is 6.29 Å². The molecule has 1 atom stereocenters. The number of para-hydroxylation sites is 1. The molecule has 3 nitrogen and oxygen atoms in total. The van der Waals surface area contributed by atoms with E-state index < -0.39 is 6.29 Å². The van der Waals surface area contributed by atoms with Crippen LogP contribution < -0.4 is 15.2 Å². The first-order valence-corrected chi connectivity index (χ1v) is 4.68. The highest BCUT2D eigenvalue weighted by Gasteiger charge is 2.44. The molecule has 1 aromatic rings. The summed E-state index contributed by atoms with van der Waals surface area (Å²) in [5, 5.41) is 0. The third kappa shape index (κ3) is 1.74. The van der Waals surface area contributed by atoms with E-state index in [0.717, 1.165) is 0 Å². The van der Waals surface area contributed by atoms with Crippen LogP contribution in [-0.2, 0) is 0 Å². The molecule has 0 radical (unpaired) electrons. The summed E-state index contributed by atoms with van der Waals surface area (Å²) in [7, 11) is 0. The van der Waals surface area contributed by atoms with E-state index in [1.54, 1.807) is 12.1 Å². The summed E-state index contributed by atoms with van der Waals surface area (Å²) in [6.45, 7) is 1.87. The largest absolute Gasteiger partial charge is 0.586 e. The summed E-state index contributed by atoms with van der Waals surface area (Å²) in [6.07, 6.45) is -2.93. The van der Waals surface area contributed by atoms with Crippen LogP contribution in [0.2, 0.25) is 0 Å². The Labute approximate surface area is 85.8 Å². The number of halogens is 2. The number of ether oxygens (including phenoxy) is 2. The molecule has 2 N–H and O–H groups in total. The van der Waals surface area contributed by atoms with E-state index in [1.807, 2.05) is 6.92 Å². The Morgan fingerprint density at radius 1 is 1.40 bits per heavy atom. The van der Waals surface area contributed by atoms with Gasteiger partial charge in [-0.1, -0.05) is 19.1 Å². The van der Waals surface area contributed by atoms with Crippen molar-refractivity contribution in [3.05, 3.63) is 23.8 Å². The van der Waals surface area contributed by atoms with E-state index in [0.29, 0.717) is 12.0 Å². The Morgan fingerprint density at radius 2 is 2.13 bits per heavy atom. The van der Waals surface area contributed by atoms with Gasteiger partial charge in [-0.2, -0.15) is 0 Å². The molecule has 1 aliphatic heterocycles. The van der Waals surface area contributed by atoms with Gasteiger partial charge in [0.25, 0.3) is 0 Å². The lowest BCUT2D eigenvalue weighted by Crippen LogP contribution is -2.26. The molecular formula is C10H11F2NO2. The maximum Gasteiger partial charge on any atom is 0.586 e. The second kappa shape index (κ2) is 3.34. The van der Waals surface area contributed by atoms with Gasteiger partial charge in [-0.15, -0.1) is 8.78 Å². The summed E-state index contributed by atoms with van der Waals surface area (Å²) < 4.78 is 34.3. The first-order valence-electron chi connectivity index (χ1n) is 4.68. The lowest BCUT2D eigenvalue weighted by Gasteiger charge is -2.11. The zero-order chi connectivity index (χ0) is 11.1. The zero-order valence-electron chi connectivity index (χ0n) is 8.17. The second-order valence-electron chi connectivity index (χ2n) is 3.36. The normalized spacial score (nSPS) is 18.9. The fourth-order valence-corrected chi connectivity index (χ4v) is 1.50. The predicted octanol–water partition coefficient (Wildman–Crippen LogP) is 2.42.